The van der Waals surface area contributed by atoms with Crippen LogP contribution in [0, 0.1) is 5.92 Å². The van der Waals surface area contributed by atoms with Crippen molar-refractivity contribution in [3.63, 3.8) is 0 Å². The van der Waals surface area contributed by atoms with Crippen LogP contribution in [-0.4, -0.2) is 47.8 Å². The molecule has 1 aromatic carbocycles. The van der Waals surface area contributed by atoms with Crippen molar-refractivity contribution in [3.8, 4) is 0 Å². The first-order valence-electron chi connectivity index (χ1n) is 12.4. The van der Waals surface area contributed by atoms with E-state index in [9.17, 15) is 19.2 Å². The van der Waals surface area contributed by atoms with E-state index in [0.29, 0.717) is 11.3 Å². The van der Waals surface area contributed by atoms with Gasteiger partial charge in [-0.2, -0.15) is 0 Å². The molecule has 0 radical (unpaired) electrons. The molecule has 1 unspecified atom stereocenters. The molecule has 0 bridgehead atoms. The summed E-state index contributed by atoms with van der Waals surface area (Å²) in [5, 5.41) is 0. The van der Waals surface area contributed by atoms with Crippen LogP contribution in [0.25, 0.3) is 0 Å². The molecule has 4 rings (SSSR count). The highest BCUT2D eigenvalue weighted by Crippen LogP contribution is 2.34. The molecule has 0 spiro atoms. The number of hydrogen-bond donors (Lipinski definition) is 0. The van der Waals surface area contributed by atoms with Crippen molar-refractivity contribution in [1.82, 2.24) is 4.90 Å². The molecule has 1 atom stereocenters. The first kappa shape index (κ1) is 23.5. The lowest BCUT2D eigenvalue weighted by Gasteiger charge is -2.38. The fraction of sp³-hybridized carbons (Fsp3) is 0.615. The molecule has 3 aliphatic rings. The number of benzene rings is 1. The maximum atomic E-state index is 13.7. The van der Waals surface area contributed by atoms with E-state index in [1.807, 2.05) is 4.90 Å². The minimum atomic E-state index is -0.740. The number of ether oxygens (including phenoxy) is 1. The van der Waals surface area contributed by atoms with Crippen molar-refractivity contribution in [2.24, 2.45) is 5.92 Å². The molecule has 7 heteroatoms. The van der Waals surface area contributed by atoms with Gasteiger partial charge in [-0.3, -0.25) is 14.4 Å². The summed E-state index contributed by atoms with van der Waals surface area (Å²) in [6.07, 6.45) is 11.2. The number of carbonyl (C=O) groups excluding carboxylic acids is 4. The van der Waals surface area contributed by atoms with Crippen LogP contribution < -0.4 is 4.90 Å². The van der Waals surface area contributed by atoms with Crippen LogP contribution in [-0.2, 0) is 19.1 Å². The number of esters is 1. The van der Waals surface area contributed by atoms with Gasteiger partial charge in [0.1, 0.15) is 6.04 Å². The second kappa shape index (κ2) is 10.5. The van der Waals surface area contributed by atoms with E-state index >= 15 is 0 Å². The molecule has 2 saturated carbocycles. The molecule has 7 nitrogen and oxygen atoms in total. The van der Waals surface area contributed by atoms with Crippen LogP contribution in [0.1, 0.15) is 87.4 Å². The summed E-state index contributed by atoms with van der Waals surface area (Å²) in [5.41, 5.74) is 0.774. The Morgan fingerprint density at radius 2 is 1.45 bits per heavy atom. The number of imide groups is 1. The number of rotatable bonds is 5. The first-order valence-corrected chi connectivity index (χ1v) is 12.4. The number of anilines is 1. The highest BCUT2D eigenvalue weighted by atomic mass is 16.5. The van der Waals surface area contributed by atoms with Crippen molar-refractivity contribution in [2.75, 3.05) is 12.0 Å². The Hall–Kier alpha value is -2.70. The van der Waals surface area contributed by atoms with Gasteiger partial charge in [0.05, 0.1) is 24.8 Å². The minimum Gasteiger partial charge on any atom is -0.465 e. The molecule has 0 aromatic heterocycles. The highest BCUT2D eigenvalue weighted by Gasteiger charge is 2.47. The molecular weight excluding hydrogens is 420 g/mol. The van der Waals surface area contributed by atoms with Gasteiger partial charge in [-0.1, -0.05) is 44.9 Å². The van der Waals surface area contributed by atoms with E-state index in [-0.39, 0.29) is 36.1 Å². The molecule has 2 aliphatic carbocycles. The van der Waals surface area contributed by atoms with Crippen LogP contribution in [0.3, 0.4) is 0 Å². The largest absolute Gasteiger partial charge is 0.465 e. The van der Waals surface area contributed by atoms with Crippen LogP contribution in [0.5, 0.6) is 0 Å². The van der Waals surface area contributed by atoms with Crippen LogP contribution in [0.4, 0.5) is 5.69 Å². The Morgan fingerprint density at radius 1 is 0.879 bits per heavy atom. The van der Waals surface area contributed by atoms with E-state index in [1.54, 1.807) is 24.3 Å². The quantitative estimate of drug-likeness (QED) is 0.378. The molecule has 1 aromatic rings. The highest BCUT2D eigenvalue weighted by molar-refractivity contribution is 6.23. The van der Waals surface area contributed by atoms with Crippen LogP contribution in [0.15, 0.2) is 24.3 Å². The van der Waals surface area contributed by atoms with Gasteiger partial charge in [-0.15, -0.1) is 0 Å². The van der Waals surface area contributed by atoms with E-state index in [0.717, 1.165) is 70.6 Å². The maximum Gasteiger partial charge on any atom is 0.337 e. The van der Waals surface area contributed by atoms with Gasteiger partial charge in [-0.25, -0.2) is 9.69 Å². The molecule has 1 heterocycles. The zero-order valence-corrected chi connectivity index (χ0v) is 19.5. The summed E-state index contributed by atoms with van der Waals surface area (Å²) < 4.78 is 4.72. The van der Waals surface area contributed by atoms with Crippen molar-refractivity contribution in [3.05, 3.63) is 29.8 Å². The van der Waals surface area contributed by atoms with Crippen molar-refractivity contribution >= 4 is 29.4 Å². The summed E-state index contributed by atoms with van der Waals surface area (Å²) >= 11 is 0. The average molecular weight is 455 g/mol. The second-order valence-electron chi connectivity index (χ2n) is 9.55. The van der Waals surface area contributed by atoms with Gasteiger partial charge < -0.3 is 9.64 Å². The van der Waals surface area contributed by atoms with Gasteiger partial charge in [0, 0.05) is 12.0 Å². The molecule has 33 heavy (non-hydrogen) atoms. The van der Waals surface area contributed by atoms with Crippen LogP contribution >= 0.6 is 0 Å². The molecule has 3 amide bonds. The lowest BCUT2D eigenvalue weighted by atomic mass is 9.87. The predicted molar refractivity (Wildman–Crippen MR) is 124 cm³/mol. The predicted octanol–water partition coefficient (Wildman–Crippen LogP) is 4.24. The van der Waals surface area contributed by atoms with Crippen LogP contribution in [0.2, 0.25) is 0 Å². The van der Waals surface area contributed by atoms with Gasteiger partial charge in [0.25, 0.3) is 5.91 Å². The molecule has 1 aliphatic heterocycles. The van der Waals surface area contributed by atoms with E-state index in [2.05, 4.69) is 0 Å². The molecule has 3 fully saturated rings. The van der Waals surface area contributed by atoms with E-state index in [4.69, 9.17) is 4.74 Å². The lowest BCUT2D eigenvalue weighted by Crippen LogP contribution is -2.52. The molecular formula is C26H34N2O5. The smallest absolute Gasteiger partial charge is 0.337 e. The number of amides is 3. The third kappa shape index (κ3) is 4.97. The molecule has 0 N–H and O–H groups in total. The fourth-order valence-electron chi connectivity index (χ4n) is 5.65. The van der Waals surface area contributed by atoms with Gasteiger partial charge in [0.15, 0.2) is 0 Å². The zero-order chi connectivity index (χ0) is 23.4. The first-order chi connectivity index (χ1) is 16.0. The third-order valence-corrected chi connectivity index (χ3v) is 7.43. The summed E-state index contributed by atoms with van der Waals surface area (Å²) in [6, 6.07) is 5.55. The summed E-state index contributed by atoms with van der Waals surface area (Å²) in [7, 11) is 1.31. The Morgan fingerprint density at radius 3 is 2.06 bits per heavy atom. The third-order valence-electron chi connectivity index (χ3n) is 7.43. The summed E-state index contributed by atoms with van der Waals surface area (Å²) in [4.78, 5) is 55.0. The lowest BCUT2D eigenvalue weighted by molar-refractivity contribution is -0.146. The van der Waals surface area contributed by atoms with Crippen molar-refractivity contribution in [2.45, 2.75) is 89.1 Å². The number of hydrogen-bond acceptors (Lipinski definition) is 5. The Kier molecular flexibility index (Phi) is 7.46. The number of nitrogens with zero attached hydrogens (tertiary/aromatic N) is 2. The average Bonchev–Trinajstić information content (AvgIpc) is 3.01. The number of methoxy groups -OCH3 is 1. The molecule has 178 valence electrons. The summed E-state index contributed by atoms with van der Waals surface area (Å²) in [5.74, 6) is -1.09. The minimum absolute atomic E-state index is 0.0188. The topological polar surface area (TPSA) is 84.0 Å². The molecule has 1 saturated heterocycles. The maximum absolute atomic E-state index is 13.7. The normalized spacial score (nSPS) is 22.8. The Balaban J connectivity index is 1.60. The summed E-state index contributed by atoms with van der Waals surface area (Å²) in [6.45, 7) is 0. The van der Waals surface area contributed by atoms with E-state index < -0.39 is 12.0 Å². The second-order valence-corrected chi connectivity index (χ2v) is 9.55. The Bertz CT molecular complexity index is 882. The van der Waals surface area contributed by atoms with Gasteiger partial charge in [0.2, 0.25) is 11.8 Å². The Labute approximate surface area is 195 Å². The SMILES string of the molecule is COC(=O)c1ccc(N2C(=O)CC(N(C(=O)C3CCCCC3)C3CCCCCC3)C2=O)cc1. The van der Waals surface area contributed by atoms with Gasteiger partial charge >= 0.3 is 5.97 Å². The monoisotopic (exact) mass is 454 g/mol. The standard InChI is InChI=1S/C26H34N2O5/c1-33-26(32)19-13-15-21(16-14-19)28-23(29)17-22(25(28)31)27(20-11-7-2-3-8-12-20)24(30)18-9-5-4-6-10-18/h13-16,18,20,22H,2-12,17H2,1H3. The van der Waals surface area contributed by atoms with E-state index in [1.165, 1.54) is 12.0 Å². The van der Waals surface area contributed by atoms with Crippen molar-refractivity contribution < 1.29 is 23.9 Å². The van der Waals surface area contributed by atoms with Crippen molar-refractivity contribution in [1.29, 1.82) is 0 Å². The zero-order valence-electron chi connectivity index (χ0n) is 19.5. The van der Waals surface area contributed by atoms with Gasteiger partial charge in [-0.05, 0) is 49.9 Å². The number of carbonyl (C=O) groups is 4. The fourth-order valence-corrected chi connectivity index (χ4v) is 5.65.